The van der Waals surface area contributed by atoms with Gasteiger partial charge in [-0.25, -0.2) is 9.18 Å². The number of thioether (sulfide) groups is 1. The second-order valence-electron chi connectivity index (χ2n) is 7.64. The molecule has 7 nitrogen and oxygen atoms in total. The zero-order chi connectivity index (χ0) is 25.7. The molecule has 1 amide bonds. The summed E-state index contributed by atoms with van der Waals surface area (Å²) in [7, 11) is 1.32. The fourth-order valence-electron chi connectivity index (χ4n) is 3.68. The van der Waals surface area contributed by atoms with Crippen molar-refractivity contribution in [1.29, 1.82) is 0 Å². The molecule has 2 heterocycles. The maximum Gasteiger partial charge on any atom is 0.341 e. The van der Waals surface area contributed by atoms with Gasteiger partial charge in [-0.2, -0.15) is 0 Å². The van der Waals surface area contributed by atoms with Gasteiger partial charge in [-0.1, -0.05) is 48.2 Å². The highest BCUT2D eigenvalue weighted by atomic mass is 32.2. The van der Waals surface area contributed by atoms with Gasteiger partial charge in [-0.3, -0.25) is 9.36 Å². The van der Waals surface area contributed by atoms with E-state index in [2.05, 4.69) is 22.1 Å². The molecule has 2 aromatic carbocycles. The van der Waals surface area contributed by atoms with Crippen molar-refractivity contribution in [1.82, 2.24) is 14.8 Å². The smallest absolute Gasteiger partial charge is 0.341 e. The van der Waals surface area contributed by atoms with E-state index in [0.717, 1.165) is 16.0 Å². The van der Waals surface area contributed by atoms with Crippen molar-refractivity contribution in [2.45, 2.75) is 18.6 Å². The van der Waals surface area contributed by atoms with Crippen molar-refractivity contribution >= 4 is 40.0 Å². The lowest BCUT2D eigenvalue weighted by Crippen LogP contribution is -2.16. The highest BCUT2D eigenvalue weighted by Gasteiger charge is 2.25. The summed E-state index contributed by atoms with van der Waals surface area (Å²) in [6.07, 6.45) is 1.70. The lowest BCUT2D eigenvalue weighted by atomic mass is 10.0. The molecule has 0 unspecified atom stereocenters. The molecule has 0 atom stereocenters. The van der Waals surface area contributed by atoms with Crippen LogP contribution in [0.4, 0.5) is 9.39 Å². The quantitative estimate of drug-likeness (QED) is 0.169. The number of nitrogens with one attached hydrogen (secondary N) is 1. The minimum absolute atomic E-state index is 0.0386. The zero-order valence-corrected chi connectivity index (χ0v) is 21.3. The van der Waals surface area contributed by atoms with Crippen LogP contribution in [-0.2, 0) is 16.1 Å². The van der Waals surface area contributed by atoms with Crippen LogP contribution in [0.3, 0.4) is 0 Å². The van der Waals surface area contributed by atoms with Gasteiger partial charge in [-0.15, -0.1) is 28.1 Å². The van der Waals surface area contributed by atoms with Gasteiger partial charge in [0.05, 0.1) is 12.9 Å². The molecule has 0 fully saturated rings. The number of rotatable bonds is 9. The van der Waals surface area contributed by atoms with Crippen LogP contribution in [0.2, 0.25) is 0 Å². The number of esters is 1. The third kappa shape index (κ3) is 5.39. The molecule has 0 saturated carbocycles. The molecule has 1 N–H and O–H groups in total. The van der Waals surface area contributed by atoms with E-state index in [1.54, 1.807) is 22.8 Å². The minimum atomic E-state index is -0.518. The number of amides is 1. The number of carbonyl (C=O) groups excluding carboxylic acids is 2. The topological polar surface area (TPSA) is 86.1 Å². The molecule has 184 valence electrons. The second kappa shape index (κ2) is 11.3. The number of nitrogens with zero attached hydrogens (tertiary/aromatic N) is 3. The first-order valence-corrected chi connectivity index (χ1v) is 12.7. The molecular formula is C26H23FN4O3S2. The number of hydrogen-bond donors (Lipinski definition) is 1. The number of ether oxygens (including phenoxy) is 1. The number of hydrogen-bond acceptors (Lipinski definition) is 7. The van der Waals surface area contributed by atoms with Gasteiger partial charge in [-0.05, 0) is 36.8 Å². The molecule has 4 rings (SSSR count). The predicted molar refractivity (Wildman–Crippen MR) is 141 cm³/mol. The highest BCUT2D eigenvalue weighted by molar-refractivity contribution is 7.99. The van der Waals surface area contributed by atoms with Crippen LogP contribution in [-0.4, -0.2) is 39.5 Å². The van der Waals surface area contributed by atoms with E-state index in [1.807, 2.05) is 37.3 Å². The number of thiophene rings is 1. The van der Waals surface area contributed by atoms with Crippen LogP contribution >= 0.6 is 23.1 Å². The summed E-state index contributed by atoms with van der Waals surface area (Å²) in [6, 6.07) is 15.5. The van der Waals surface area contributed by atoms with Crippen molar-refractivity contribution in [2.24, 2.45) is 0 Å². The van der Waals surface area contributed by atoms with Crippen molar-refractivity contribution in [3.05, 3.63) is 83.5 Å². The Hall–Kier alpha value is -3.76. The molecule has 0 aliphatic rings. The monoisotopic (exact) mass is 522 g/mol. The van der Waals surface area contributed by atoms with Crippen LogP contribution in [0, 0.1) is 12.7 Å². The van der Waals surface area contributed by atoms with E-state index in [-0.39, 0.29) is 17.5 Å². The van der Waals surface area contributed by atoms with Crippen LogP contribution in [0.1, 0.15) is 15.2 Å². The van der Waals surface area contributed by atoms with Gasteiger partial charge >= 0.3 is 5.97 Å². The maximum atomic E-state index is 13.3. The summed E-state index contributed by atoms with van der Waals surface area (Å²) in [5.74, 6) is -0.576. The summed E-state index contributed by atoms with van der Waals surface area (Å²) in [5.41, 5.74) is 2.64. The first kappa shape index (κ1) is 25.3. The molecule has 0 aliphatic heterocycles. The number of anilines is 1. The van der Waals surface area contributed by atoms with Gasteiger partial charge in [0.15, 0.2) is 11.0 Å². The Morgan fingerprint density at radius 3 is 2.53 bits per heavy atom. The number of halogens is 1. The van der Waals surface area contributed by atoms with Crippen molar-refractivity contribution in [3.63, 3.8) is 0 Å². The zero-order valence-electron chi connectivity index (χ0n) is 19.7. The average molecular weight is 523 g/mol. The Balaban J connectivity index is 1.54. The molecule has 0 saturated heterocycles. The Kier molecular flexibility index (Phi) is 7.97. The van der Waals surface area contributed by atoms with Crippen molar-refractivity contribution < 1.29 is 18.7 Å². The fraction of sp³-hybridized carbons (Fsp3) is 0.154. The van der Waals surface area contributed by atoms with Crippen LogP contribution in [0.5, 0.6) is 0 Å². The number of aromatic nitrogens is 3. The summed E-state index contributed by atoms with van der Waals surface area (Å²) in [4.78, 5) is 26.4. The maximum absolute atomic E-state index is 13.3. The first-order valence-electron chi connectivity index (χ1n) is 10.9. The molecule has 10 heteroatoms. The number of carbonyl (C=O) groups is 2. The summed E-state index contributed by atoms with van der Waals surface area (Å²) >= 11 is 2.53. The number of methoxy groups -OCH3 is 1. The van der Waals surface area contributed by atoms with E-state index < -0.39 is 5.97 Å². The fourth-order valence-corrected chi connectivity index (χ4v) is 5.50. The van der Waals surface area contributed by atoms with Crippen molar-refractivity contribution in [2.75, 3.05) is 18.2 Å². The summed E-state index contributed by atoms with van der Waals surface area (Å²) < 4.78 is 20.2. The summed E-state index contributed by atoms with van der Waals surface area (Å²) in [5, 5.41) is 12.3. The standard InChI is InChI=1S/C26H23FN4O3S2/c1-4-14-31-23(18-10-12-19(27)13-11-18)29-30-26(31)35-15-20(32)28-24-22(25(33)34-3)21(16(2)36-24)17-8-6-5-7-9-17/h4-13H,1,14-15H2,2-3H3,(H,28,32). The predicted octanol–water partition coefficient (Wildman–Crippen LogP) is 5.82. The highest BCUT2D eigenvalue weighted by Crippen LogP contribution is 2.40. The third-order valence-corrected chi connectivity index (χ3v) is 7.24. The van der Waals surface area contributed by atoms with Crippen molar-refractivity contribution in [3.8, 4) is 22.5 Å². The Labute approximate surface area is 216 Å². The normalized spacial score (nSPS) is 10.8. The van der Waals surface area contributed by atoms with E-state index >= 15 is 0 Å². The SMILES string of the molecule is C=CCn1c(SCC(=O)Nc2sc(C)c(-c3ccccc3)c2C(=O)OC)nnc1-c1ccc(F)cc1. The van der Waals surface area contributed by atoms with Gasteiger partial charge in [0.1, 0.15) is 16.4 Å². The van der Waals surface area contributed by atoms with E-state index in [1.165, 1.54) is 42.3 Å². The average Bonchev–Trinajstić information content (AvgIpc) is 3.43. The second-order valence-corrected chi connectivity index (χ2v) is 9.81. The first-order chi connectivity index (χ1) is 17.4. The van der Waals surface area contributed by atoms with E-state index in [4.69, 9.17) is 4.74 Å². The van der Waals surface area contributed by atoms with E-state index in [9.17, 15) is 14.0 Å². The number of allylic oxidation sites excluding steroid dienone is 1. The van der Waals surface area contributed by atoms with Gasteiger partial charge in [0, 0.05) is 22.5 Å². The van der Waals surface area contributed by atoms with Gasteiger partial charge in [0.2, 0.25) is 5.91 Å². The molecule has 36 heavy (non-hydrogen) atoms. The molecule has 0 bridgehead atoms. The van der Waals surface area contributed by atoms with E-state index in [0.29, 0.717) is 33.7 Å². The minimum Gasteiger partial charge on any atom is -0.465 e. The van der Waals surface area contributed by atoms with Crippen LogP contribution in [0.15, 0.2) is 72.4 Å². The third-order valence-electron chi connectivity index (χ3n) is 5.25. The number of benzene rings is 2. The molecular weight excluding hydrogens is 499 g/mol. The molecule has 0 radical (unpaired) electrons. The lowest BCUT2D eigenvalue weighted by Gasteiger charge is -2.09. The molecule has 0 aliphatic carbocycles. The molecule has 4 aromatic rings. The summed E-state index contributed by atoms with van der Waals surface area (Å²) in [6.45, 7) is 6.10. The lowest BCUT2D eigenvalue weighted by molar-refractivity contribution is -0.113. The Bertz CT molecular complexity index is 1400. The van der Waals surface area contributed by atoms with Gasteiger partial charge < -0.3 is 10.1 Å². The molecule has 0 spiro atoms. The van der Waals surface area contributed by atoms with Crippen LogP contribution < -0.4 is 5.32 Å². The Morgan fingerprint density at radius 1 is 1.14 bits per heavy atom. The van der Waals surface area contributed by atoms with Crippen LogP contribution in [0.25, 0.3) is 22.5 Å². The molecule has 2 aromatic heterocycles. The van der Waals surface area contributed by atoms with Gasteiger partial charge in [0.25, 0.3) is 0 Å². The number of aryl methyl sites for hydroxylation is 1. The Morgan fingerprint density at radius 2 is 1.86 bits per heavy atom. The largest absolute Gasteiger partial charge is 0.465 e.